The largest absolute Gasteiger partial charge is 0.481 e. The van der Waals surface area contributed by atoms with Crippen LogP contribution >= 0.6 is 0 Å². The van der Waals surface area contributed by atoms with E-state index in [1.165, 1.54) is 17.0 Å². The molecule has 0 aliphatic carbocycles. The van der Waals surface area contributed by atoms with E-state index in [4.69, 9.17) is 4.74 Å². The molecule has 0 radical (unpaired) electrons. The number of nitrogens with one attached hydrogen (secondary N) is 1. The zero-order valence-electron chi connectivity index (χ0n) is 17.3. The topological polar surface area (TPSA) is 58.6 Å². The van der Waals surface area contributed by atoms with Gasteiger partial charge < -0.3 is 15.0 Å². The predicted molar refractivity (Wildman–Crippen MR) is 117 cm³/mol. The van der Waals surface area contributed by atoms with E-state index in [0.717, 1.165) is 11.1 Å². The lowest BCUT2D eigenvalue weighted by molar-refractivity contribution is -0.142. The van der Waals surface area contributed by atoms with Crippen LogP contribution in [0.2, 0.25) is 0 Å². The second-order valence-electron chi connectivity index (χ2n) is 7.05. The summed E-state index contributed by atoms with van der Waals surface area (Å²) in [7, 11) is 1.54. The Hall–Kier alpha value is -3.67. The normalized spacial score (nSPS) is 11.4. The predicted octanol–water partition coefficient (Wildman–Crippen LogP) is 3.59. The third-order valence-corrected chi connectivity index (χ3v) is 4.90. The number of halogens is 1. The molecule has 1 N–H and O–H groups in total. The van der Waals surface area contributed by atoms with Crippen molar-refractivity contribution in [2.24, 2.45) is 0 Å². The van der Waals surface area contributed by atoms with Crippen LogP contribution in [0.5, 0.6) is 5.75 Å². The maximum absolute atomic E-state index is 13.9. The van der Waals surface area contributed by atoms with E-state index in [9.17, 15) is 14.0 Å². The molecule has 0 spiro atoms. The van der Waals surface area contributed by atoms with Crippen LogP contribution in [0.15, 0.2) is 84.9 Å². The zero-order valence-corrected chi connectivity index (χ0v) is 17.3. The molecule has 2 amide bonds. The summed E-state index contributed by atoms with van der Waals surface area (Å²) in [6.07, 6.45) is 0.346. The summed E-state index contributed by atoms with van der Waals surface area (Å²) in [6.45, 7) is -0.152. The van der Waals surface area contributed by atoms with Crippen molar-refractivity contribution in [1.82, 2.24) is 10.2 Å². The molecule has 0 heterocycles. The number of para-hydroxylation sites is 1. The van der Waals surface area contributed by atoms with Gasteiger partial charge in [-0.15, -0.1) is 0 Å². The third-order valence-electron chi connectivity index (χ3n) is 4.90. The van der Waals surface area contributed by atoms with Crippen molar-refractivity contribution in [3.63, 3.8) is 0 Å². The van der Waals surface area contributed by atoms with Crippen molar-refractivity contribution in [3.8, 4) is 5.75 Å². The Kier molecular flexibility index (Phi) is 7.76. The first kappa shape index (κ1) is 22.0. The first-order valence-corrected chi connectivity index (χ1v) is 10.0. The van der Waals surface area contributed by atoms with Gasteiger partial charge in [-0.05, 0) is 23.3 Å². The number of ether oxygens (including phenoxy) is 1. The third kappa shape index (κ3) is 6.15. The average molecular weight is 420 g/mol. The lowest BCUT2D eigenvalue weighted by Crippen LogP contribution is -2.51. The molecule has 3 rings (SSSR count). The van der Waals surface area contributed by atoms with E-state index in [0.29, 0.717) is 6.42 Å². The summed E-state index contributed by atoms with van der Waals surface area (Å²) >= 11 is 0. The van der Waals surface area contributed by atoms with Gasteiger partial charge in [-0.2, -0.15) is 0 Å². The summed E-state index contributed by atoms with van der Waals surface area (Å²) in [5, 5.41) is 2.66. The highest BCUT2D eigenvalue weighted by Gasteiger charge is 2.30. The summed E-state index contributed by atoms with van der Waals surface area (Å²) in [6, 6.07) is 24.1. The van der Waals surface area contributed by atoms with Gasteiger partial charge in [0.15, 0.2) is 18.2 Å². The van der Waals surface area contributed by atoms with E-state index < -0.39 is 17.8 Å². The number of carbonyl (C=O) groups excluding carboxylic acids is 2. The van der Waals surface area contributed by atoms with Crippen LogP contribution in [0.3, 0.4) is 0 Å². The molecule has 160 valence electrons. The minimum atomic E-state index is -0.746. The van der Waals surface area contributed by atoms with Crippen molar-refractivity contribution in [3.05, 3.63) is 102 Å². The number of rotatable bonds is 9. The lowest BCUT2D eigenvalue weighted by Gasteiger charge is -2.31. The minimum Gasteiger partial charge on any atom is -0.481 e. The van der Waals surface area contributed by atoms with Crippen molar-refractivity contribution in [2.75, 3.05) is 13.7 Å². The van der Waals surface area contributed by atoms with Crippen LogP contribution in [0.1, 0.15) is 11.1 Å². The van der Waals surface area contributed by atoms with E-state index in [1.54, 1.807) is 19.2 Å². The number of nitrogens with zero attached hydrogens (tertiary/aromatic N) is 1. The van der Waals surface area contributed by atoms with Crippen molar-refractivity contribution < 1.29 is 18.7 Å². The molecule has 3 aromatic rings. The van der Waals surface area contributed by atoms with E-state index >= 15 is 0 Å². The minimum absolute atomic E-state index is 0.00457. The number of likely N-dealkylation sites (N-methyl/N-ethyl adjacent to an activating group) is 1. The molecule has 3 aromatic carbocycles. The van der Waals surface area contributed by atoms with Gasteiger partial charge in [0.25, 0.3) is 5.91 Å². The van der Waals surface area contributed by atoms with Gasteiger partial charge in [0.05, 0.1) is 0 Å². The molecule has 31 heavy (non-hydrogen) atoms. The van der Waals surface area contributed by atoms with Gasteiger partial charge in [0.2, 0.25) is 5.91 Å². The molecule has 0 fully saturated rings. The van der Waals surface area contributed by atoms with E-state index in [2.05, 4.69) is 5.32 Å². The Morgan fingerprint density at radius 2 is 1.48 bits per heavy atom. The Morgan fingerprint density at radius 1 is 0.903 bits per heavy atom. The van der Waals surface area contributed by atoms with Crippen molar-refractivity contribution in [2.45, 2.75) is 19.0 Å². The van der Waals surface area contributed by atoms with Crippen LogP contribution in [-0.4, -0.2) is 36.4 Å². The second-order valence-corrected chi connectivity index (χ2v) is 7.05. The van der Waals surface area contributed by atoms with Crippen LogP contribution < -0.4 is 10.1 Å². The average Bonchev–Trinajstić information content (AvgIpc) is 2.81. The molecule has 6 heteroatoms. The monoisotopic (exact) mass is 420 g/mol. The number of benzene rings is 3. The van der Waals surface area contributed by atoms with Gasteiger partial charge in [-0.3, -0.25) is 9.59 Å². The lowest BCUT2D eigenvalue weighted by atomic mass is 10.0. The highest BCUT2D eigenvalue weighted by Crippen LogP contribution is 2.18. The summed E-state index contributed by atoms with van der Waals surface area (Å²) in [4.78, 5) is 27.4. The van der Waals surface area contributed by atoms with Crippen LogP contribution in [-0.2, 0) is 22.6 Å². The maximum atomic E-state index is 13.9. The standard InChI is InChI=1S/C25H25FN2O3/c1-27-25(30)22(16-19-10-4-2-5-11-19)28(17-20-12-6-3-7-13-20)24(29)18-31-23-15-9-8-14-21(23)26/h2-15,22H,16-18H2,1H3,(H,27,30). The van der Waals surface area contributed by atoms with Crippen LogP contribution in [0.4, 0.5) is 4.39 Å². The number of hydrogen-bond donors (Lipinski definition) is 1. The first-order valence-electron chi connectivity index (χ1n) is 10.0. The zero-order chi connectivity index (χ0) is 22.1. The Morgan fingerprint density at radius 3 is 2.10 bits per heavy atom. The Labute approximate surface area is 181 Å². The molecular formula is C25H25FN2O3. The molecule has 1 atom stereocenters. The van der Waals surface area contributed by atoms with Gasteiger partial charge in [0, 0.05) is 20.0 Å². The van der Waals surface area contributed by atoms with Gasteiger partial charge >= 0.3 is 0 Å². The van der Waals surface area contributed by atoms with E-state index in [-0.39, 0.29) is 24.8 Å². The fraction of sp³-hybridized carbons (Fsp3) is 0.200. The molecule has 0 saturated carbocycles. The molecule has 0 aliphatic heterocycles. The molecule has 5 nitrogen and oxygen atoms in total. The van der Waals surface area contributed by atoms with Crippen LogP contribution in [0, 0.1) is 5.82 Å². The molecule has 1 unspecified atom stereocenters. The fourth-order valence-corrected chi connectivity index (χ4v) is 3.28. The summed E-state index contributed by atoms with van der Waals surface area (Å²) in [5.41, 5.74) is 1.81. The molecule has 0 aliphatic rings. The van der Waals surface area contributed by atoms with Crippen molar-refractivity contribution in [1.29, 1.82) is 0 Å². The quantitative estimate of drug-likeness (QED) is 0.576. The maximum Gasteiger partial charge on any atom is 0.261 e. The summed E-state index contributed by atoms with van der Waals surface area (Å²) in [5.74, 6) is -1.23. The molecule has 0 aromatic heterocycles. The fourth-order valence-electron chi connectivity index (χ4n) is 3.28. The highest BCUT2D eigenvalue weighted by molar-refractivity contribution is 5.88. The number of amides is 2. The summed E-state index contributed by atoms with van der Waals surface area (Å²) < 4.78 is 19.3. The molecule has 0 saturated heterocycles. The smallest absolute Gasteiger partial charge is 0.261 e. The van der Waals surface area contributed by atoms with Crippen LogP contribution in [0.25, 0.3) is 0 Å². The van der Waals surface area contributed by atoms with E-state index in [1.807, 2.05) is 60.7 Å². The number of hydrogen-bond acceptors (Lipinski definition) is 3. The van der Waals surface area contributed by atoms with Gasteiger partial charge in [0.1, 0.15) is 6.04 Å². The highest BCUT2D eigenvalue weighted by atomic mass is 19.1. The molecule has 0 bridgehead atoms. The first-order chi connectivity index (χ1) is 15.1. The second kappa shape index (κ2) is 10.9. The van der Waals surface area contributed by atoms with Gasteiger partial charge in [-0.1, -0.05) is 72.8 Å². The van der Waals surface area contributed by atoms with Gasteiger partial charge in [-0.25, -0.2) is 4.39 Å². The van der Waals surface area contributed by atoms with Crippen molar-refractivity contribution >= 4 is 11.8 Å². The Bertz CT molecular complexity index is 996. The molecular weight excluding hydrogens is 395 g/mol. The Balaban J connectivity index is 1.86. The SMILES string of the molecule is CNC(=O)C(Cc1ccccc1)N(Cc1ccccc1)C(=O)COc1ccccc1F. The number of carbonyl (C=O) groups is 2.